The third-order valence-electron chi connectivity index (χ3n) is 3.52. The standard InChI is InChI=1S/C13H21N3O3S/c1-3-11-9-19-10(2)8-16(11)20(17,18)13-5-4-6-15-12(13)7-14/h4-6,10-11H,3,7-9,14H2,1-2H3. The van der Waals surface area contributed by atoms with Crippen molar-refractivity contribution in [1.29, 1.82) is 0 Å². The minimum absolute atomic E-state index is 0.103. The average Bonchev–Trinajstić information content (AvgIpc) is 2.47. The third-order valence-corrected chi connectivity index (χ3v) is 5.51. The van der Waals surface area contributed by atoms with Gasteiger partial charge in [0.2, 0.25) is 10.0 Å². The number of sulfonamides is 1. The first-order valence-electron chi connectivity index (χ1n) is 6.78. The molecule has 2 unspecified atom stereocenters. The molecule has 1 aromatic rings. The molecule has 1 aliphatic heterocycles. The van der Waals surface area contributed by atoms with Gasteiger partial charge in [-0.15, -0.1) is 0 Å². The first kappa shape index (κ1) is 15.4. The van der Waals surface area contributed by atoms with Crippen LogP contribution in [0.25, 0.3) is 0 Å². The molecule has 2 N–H and O–H groups in total. The van der Waals surface area contributed by atoms with Gasteiger partial charge in [-0.25, -0.2) is 8.42 Å². The van der Waals surface area contributed by atoms with Gasteiger partial charge in [0.25, 0.3) is 0 Å². The smallest absolute Gasteiger partial charge is 0.245 e. The summed E-state index contributed by atoms with van der Waals surface area (Å²) in [5.74, 6) is 0. The molecule has 6 nitrogen and oxygen atoms in total. The molecule has 1 fully saturated rings. The highest BCUT2D eigenvalue weighted by Crippen LogP contribution is 2.25. The Balaban J connectivity index is 2.42. The quantitative estimate of drug-likeness (QED) is 0.886. The van der Waals surface area contributed by atoms with E-state index in [0.717, 1.165) is 0 Å². The van der Waals surface area contributed by atoms with E-state index in [0.29, 0.717) is 25.3 Å². The molecular weight excluding hydrogens is 278 g/mol. The first-order valence-corrected chi connectivity index (χ1v) is 8.22. The number of hydrogen-bond donors (Lipinski definition) is 1. The molecule has 0 amide bonds. The SMILES string of the molecule is CCC1COC(C)CN1S(=O)(=O)c1cccnc1CN. The molecule has 0 saturated carbocycles. The van der Waals surface area contributed by atoms with Gasteiger partial charge in [0, 0.05) is 25.3 Å². The summed E-state index contributed by atoms with van der Waals surface area (Å²) in [6.07, 6.45) is 2.16. The van der Waals surface area contributed by atoms with Crippen LogP contribution in [0.2, 0.25) is 0 Å². The summed E-state index contributed by atoms with van der Waals surface area (Å²) in [6.45, 7) is 4.72. The van der Waals surface area contributed by atoms with Crippen LogP contribution in [0.3, 0.4) is 0 Å². The molecule has 2 atom stereocenters. The zero-order valence-corrected chi connectivity index (χ0v) is 12.6. The molecule has 112 valence electrons. The molecule has 0 radical (unpaired) electrons. The monoisotopic (exact) mass is 299 g/mol. The predicted molar refractivity (Wildman–Crippen MR) is 75.5 cm³/mol. The van der Waals surface area contributed by atoms with Crippen LogP contribution in [0.15, 0.2) is 23.2 Å². The summed E-state index contributed by atoms with van der Waals surface area (Å²) in [6, 6.07) is 3.05. The molecule has 7 heteroatoms. The van der Waals surface area contributed by atoms with Gasteiger partial charge in [-0.2, -0.15) is 4.31 Å². The number of rotatable bonds is 4. The van der Waals surface area contributed by atoms with Crippen LogP contribution in [-0.4, -0.2) is 43.0 Å². The van der Waals surface area contributed by atoms with Crippen LogP contribution in [0.5, 0.6) is 0 Å². The summed E-state index contributed by atoms with van der Waals surface area (Å²) in [5, 5.41) is 0. The molecule has 0 spiro atoms. The van der Waals surface area contributed by atoms with Gasteiger partial charge in [-0.3, -0.25) is 4.98 Å². The Bertz CT molecular complexity index is 562. The number of pyridine rings is 1. The number of hydrogen-bond acceptors (Lipinski definition) is 5. The van der Waals surface area contributed by atoms with Crippen molar-refractivity contribution in [2.75, 3.05) is 13.2 Å². The molecule has 2 rings (SSSR count). The van der Waals surface area contributed by atoms with Gasteiger partial charge in [-0.1, -0.05) is 6.92 Å². The summed E-state index contributed by atoms with van der Waals surface area (Å²) >= 11 is 0. The summed E-state index contributed by atoms with van der Waals surface area (Å²) < 4.78 is 32.8. The highest BCUT2D eigenvalue weighted by atomic mass is 32.2. The molecule has 20 heavy (non-hydrogen) atoms. The Morgan fingerprint density at radius 1 is 1.55 bits per heavy atom. The van der Waals surface area contributed by atoms with Crippen LogP contribution in [0.1, 0.15) is 26.0 Å². The van der Waals surface area contributed by atoms with Crippen LogP contribution in [0.4, 0.5) is 0 Å². The fourth-order valence-electron chi connectivity index (χ4n) is 2.37. The normalized spacial score (nSPS) is 24.8. The van der Waals surface area contributed by atoms with E-state index >= 15 is 0 Å². The molecule has 0 bridgehead atoms. The van der Waals surface area contributed by atoms with Crippen molar-refractivity contribution in [3.63, 3.8) is 0 Å². The van der Waals surface area contributed by atoms with E-state index in [1.54, 1.807) is 18.3 Å². The number of nitrogens with zero attached hydrogens (tertiary/aromatic N) is 2. The second-order valence-electron chi connectivity index (χ2n) is 4.93. The van der Waals surface area contributed by atoms with E-state index in [-0.39, 0.29) is 23.6 Å². The van der Waals surface area contributed by atoms with Crippen molar-refractivity contribution in [2.24, 2.45) is 5.73 Å². The zero-order chi connectivity index (χ0) is 14.8. The van der Waals surface area contributed by atoms with Crippen LogP contribution in [0, 0.1) is 0 Å². The van der Waals surface area contributed by atoms with Crippen molar-refractivity contribution >= 4 is 10.0 Å². The van der Waals surface area contributed by atoms with Crippen molar-refractivity contribution < 1.29 is 13.2 Å². The second kappa shape index (κ2) is 6.17. The van der Waals surface area contributed by atoms with Gasteiger partial charge < -0.3 is 10.5 Å². The van der Waals surface area contributed by atoms with Crippen molar-refractivity contribution in [3.8, 4) is 0 Å². The Kier molecular flexibility index (Phi) is 4.74. The minimum Gasteiger partial charge on any atom is -0.375 e. The molecule has 0 aliphatic carbocycles. The van der Waals surface area contributed by atoms with E-state index in [1.165, 1.54) is 4.31 Å². The number of nitrogens with two attached hydrogens (primary N) is 1. The highest BCUT2D eigenvalue weighted by molar-refractivity contribution is 7.89. The fraction of sp³-hybridized carbons (Fsp3) is 0.615. The molecule has 0 aromatic carbocycles. The van der Waals surface area contributed by atoms with E-state index in [4.69, 9.17) is 10.5 Å². The largest absolute Gasteiger partial charge is 0.375 e. The van der Waals surface area contributed by atoms with Crippen LogP contribution < -0.4 is 5.73 Å². The maximum Gasteiger partial charge on any atom is 0.245 e. The number of ether oxygens (including phenoxy) is 1. The lowest BCUT2D eigenvalue weighted by Crippen LogP contribution is -2.51. The Morgan fingerprint density at radius 2 is 2.30 bits per heavy atom. The van der Waals surface area contributed by atoms with Gasteiger partial charge in [0.05, 0.1) is 18.4 Å². The Morgan fingerprint density at radius 3 is 2.95 bits per heavy atom. The maximum atomic E-state index is 12.9. The van der Waals surface area contributed by atoms with E-state index in [9.17, 15) is 8.42 Å². The van der Waals surface area contributed by atoms with Gasteiger partial charge in [-0.05, 0) is 25.5 Å². The van der Waals surface area contributed by atoms with Crippen LogP contribution >= 0.6 is 0 Å². The molecule has 2 heterocycles. The lowest BCUT2D eigenvalue weighted by atomic mass is 10.2. The lowest BCUT2D eigenvalue weighted by molar-refractivity contribution is -0.0230. The average molecular weight is 299 g/mol. The van der Waals surface area contributed by atoms with Crippen LogP contribution in [-0.2, 0) is 21.3 Å². The highest BCUT2D eigenvalue weighted by Gasteiger charge is 2.36. The zero-order valence-electron chi connectivity index (χ0n) is 11.8. The Labute approximate surface area is 120 Å². The number of aromatic nitrogens is 1. The Hall–Kier alpha value is -1.02. The fourth-order valence-corrected chi connectivity index (χ4v) is 4.31. The topological polar surface area (TPSA) is 85.5 Å². The van der Waals surface area contributed by atoms with E-state index < -0.39 is 10.0 Å². The third kappa shape index (κ3) is 2.85. The first-order chi connectivity index (χ1) is 9.50. The minimum atomic E-state index is -3.59. The predicted octanol–water partition coefficient (Wildman–Crippen LogP) is 0.728. The molecule has 1 saturated heterocycles. The van der Waals surface area contributed by atoms with Gasteiger partial charge in [0.15, 0.2) is 0 Å². The van der Waals surface area contributed by atoms with Gasteiger partial charge in [0.1, 0.15) is 4.90 Å². The summed E-state index contributed by atoms with van der Waals surface area (Å²) in [5.41, 5.74) is 6.01. The molecule has 1 aliphatic rings. The lowest BCUT2D eigenvalue weighted by Gasteiger charge is -2.37. The maximum absolute atomic E-state index is 12.9. The van der Waals surface area contributed by atoms with Gasteiger partial charge >= 0.3 is 0 Å². The van der Waals surface area contributed by atoms with Crippen molar-refractivity contribution in [3.05, 3.63) is 24.0 Å². The summed E-state index contributed by atoms with van der Waals surface area (Å²) in [4.78, 5) is 4.27. The van der Waals surface area contributed by atoms with Crippen molar-refractivity contribution in [2.45, 2.75) is 43.9 Å². The van der Waals surface area contributed by atoms with E-state index in [2.05, 4.69) is 4.98 Å². The molecular formula is C13H21N3O3S. The second-order valence-corrected chi connectivity index (χ2v) is 6.79. The molecule has 1 aromatic heterocycles. The van der Waals surface area contributed by atoms with E-state index in [1.807, 2.05) is 13.8 Å². The number of morpholine rings is 1. The summed E-state index contributed by atoms with van der Waals surface area (Å²) in [7, 11) is -3.59. The van der Waals surface area contributed by atoms with Crippen molar-refractivity contribution in [1.82, 2.24) is 9.29 Å².